The van der Waals surface area contributed by atoms with E-state index < -0.39 is 0 Å². The molecular weight excluding hydrogens is 366 g/mol. The van der Waals surface area contributed by atoms with Gasteiger partial charge in [0, 0.05) is 18.8 Å². The van der Waals surface area contributed by atoms with Gasteiger partial charge in [0.25, 0.3) is 5.91 Å². The van der Waals surface area contributed by atoms with Crippen molar-refractivity contribution in [2.24, 2.45) is 0 Å². The third-order valence-electron chi connectivity index (χ3n) is 5.13. The number of carbonyl (C=O) groups excluding carboxylic acids is 1. The molecule has 29 heavy (non-hydrogen) atoms. The second-order valence-electron chi connectivity index (χ2n) is 7.36. The van der Waals surface area contributed by atoms with Gasteiger partial charge in [0.15, 0.2) is 5.65 Å². The van der Waals surface area contributed by atoms with Gasteiger partial charge in [0.05, 0.1) is 24.6 Å². The Kier molecular flexibility index (Phi) is 5.40. The summed E-state index contributed by atoms with van der Waals surface area (Å²) in [5, 5.41) is 3.90. The summed E-state index contributed by atoms with van der Waals surface area (Å²) in [6.45, 7) is 8.63. The van der Waals surface area contributed by atoms with Crippen LogP contribution in [0.4, 0.5) is 5.82 Å². The van der Waals surface area contributed by atoms with Crippen molar-refractivity contribution in [2.75, 3.05) is 31.2 Å². The van der Waals surface area contributed by atoms with Crippen LogP contribution in [0.5, 0.6) is 0 Å². The Morgan fingerprint density at radius 1 is 1.10 bits per heavy atom. The van der Waals surface area contributed by atoms with Crippen molar-refractivity contribution in [1.29, 1.82) is 0 Å². The average molecular weight is 391 g/mol. The van der Waals surface area contributed by atoms with Crippen molar-refractivity contribution in [2.45, 2.75) is 26.8 Å². The Labute approximate surface area is 170 Å². The highest BCUT2D eigenvalue weighted by atomic mass is 16.5. The van der Waals surface area contributed by atoms with E-state index in [9.17, 15) is 4.79 Å². The highest BCUT2D eigenvalue weighted by molar-refractivity contribution is 5.97. The molecule has 1 aliphatic rings. The van der Waals surface area contributed by atoms with Gasteiger partial charge in [-0.1, -0.05) is 30.3 Å². The van der Waals surface area contributed by atoms with Gasteiger partial charge in [-0.25, -0.2) is 15.0 Å². The Bertz CT molecular complexity index is 1030. The predicted octanol–water partition coefficient (Wildman–Crippen LogP) is 2.97. The molecule has 1 aromatic carbocycles. The Morgan fingerprint density at radius 3 is 2.55 bits per heavy atom. The summed E-state index contributed by atoms with van der Waals surface area (Å²) in [5.74, 6) is 0.582. The number of rotatable bonds is 4. The summed E-state index contributed by atoms with van der Waals surface area (Å²) >= 11 is 0. The highest BCUT2D eigenvalue weighted by Gasteiger charge is 2.23. The van der Waals surface area contributed by atoms with E-state index in [1.807, 2.05) is 57.2 Å². The average Bonchev–Trinajstić information content (AvgIpc) is 2.73. The van der Waals surface area contributed by atoms with Crippen LogP contribution in [0.25, 0.3) is 11.0 Å². The number of ether oxygens (including phenoxy) is 1. The maximum atomic E-state index is 13.0. The molecule has 0 spiro atoms. The molecule has 1 aliphatic heterocycles. The number of amides is 1. The van der Waals surface area contributed by atoms with Gasteiger partial charge in [0.2, 0.25) is 5.82 Å². The maximum absolute atomic E-state index is 13.0. The lowest BCUT2D eigenvalue weighted by Crippen LogP contribution is -2.37. The Morgan fingerprint density at radius 2 is 1.83 bits per heavy atom. The lowest BCUT2D eigenvalue weighted by Gasteiger charge is -2.29. The number of nitrogens with zero attached hydrogens (tertiary/aromatic N) is 4. The van der Waals surface area contributed by atoms with Crippen LogP contribution in [0.2, 0.25) is 0 Å². The molecule has 0 unspecified atom stereocenters. The van der Waals surface area contributed by atoms with Gasteiger partial charge < -0.3 is 15.0 Å². The summed E-state index contributed by atoms with van der Waals surface area (Å²) in [7, 11) is 0. The van der Waals surface area contributed by atoms with E-state index in [-0.39, 0.29) is 17.8 Å². The monoisotopic (exact) mass is 391 g/mol. The van der Waals surface area contributed by atoms with Gasteiger partial charge in [-0.2, -0.15) is 0 Å². The van der Waals surface area contributed by atoms with E-state index in [1.165, 1.54) is 0 Å². The standard InChI is InChI=1S/C22H25N5O2/c1-14-13-15(2)23-19-18(14)21(27-9-11-29-12-10-27)26-20(25-19)22(28)24-16(3)17-7-5-4-6-8-17/h4-8,13,16H,9-12H2,1-3H3,(H,24,28)/t16-/m1/s1. The second-order valence-corrected chi connectivity index (χ2v) is 7.36. The van der Waals surface area contributed by atoms with E-state index in [2.05, 4.69) is 25.2 Å². The predicted molar refractivity (Wildman–Crippen MR) is 112 cm³/mol. The number of aromatic nitrogens is 3. The third kappa shape index (κ3) is 4.05. The second kappa shape index (κ2) is 8.13. The molecule has 0 aliphatic carbocycles. The van der Waals surface area contributed by atoms with Crippen molar-refractivity contribution < 1.29 is 9.53 Å². The van der Waals surface area contributed by atoms with Crippen molar-refractivity contribution in [1.82, 2.24) is 20.3 Å². The van der Waals surface area contributed by atoms with Gasteiger partial charge in [-0.3, -0.25) is 4.79 Å². The first-order valence-corrected chi connectivity index (χ1v) is 9.87. The SMILES string of the molecule is Cc1cc(C)c2c(N3CCOCC3)nc(C(=O)N[C@H](C)c3ccccc3)nc2n1. The quantitative estimate of drug-likeness (QED) is 0.737. The third-order valence-corrected chi connectivity index (χ3v) is 5.13. The van der Waals surface area contributed by atoms with Gasteiger partial charge in [-0.05, 0) is 38.0 Å². The lowest BCUT2D eigenvalue weighted by molar-refractivity contribution is 0.0929. The lowest BCUT2D eigenvalue weighted by atomic mass is 10.1. The molecule has 2 aromatic heterocycles. The van der Waals surface area contributed by atoms with Crippen LogP contribution in [0, 0.1) is 13.8 Å². The molecule has 0 bridgehead atoms. The molecule has 7 heteroatoms. The number of morpholine rings is 1. The molecule has 7 nitrogen and oxygen atoms in total. The number of hydrogen-bond donors (Lipinski definition) is 1. The van der Waals surface area contributed by atoms with Crippen LogP contribution in [0.3, 0.4) is 0 Å². The molecule has 150 valence electrons. The molecule has 1 amide bonds. The minimum absolute atomic E-state index is 0.138. The minimum Gasteiger partial charge on any atom is -0.378 e. The fourth-order valence-corrected chi connectivity index (χ4v) is 3.65. The molecule has 0 radical (unpaired) electrons. The molecule has 0 saturated carbocycles. The van der Waals surface area contributed by atoms with Gasteiger partial charge >= 0.3 is 0 Å². The van der Waals surface area contributed by atoms with E-state index in [4.69, 9.17) is 4.74 Å². The number of benzene rings is 1. The molecule has 1 saturated heterocycles. The van der Waals surface area contributed by atoms with Crippen LogP contribution >= 0.6 is 0 Å². The van der Waals surface area contributed by atoms with E-state index in [0.29, 0.717) is 18.9 Å². The molecule has 1 fully saturated rings. The zero-order valence-electron chi connectivity index (χ0n) is 17.0. The van der Waals surface area contributed by atoms with Gasteiger partial charge in [0.1, 0.15) is 5.82 Å². The molecule has 3 aromatic rings. The number of carbonyl (C=O) groups is 1. The van der Waals surface area contributed by atoms with Crippen LogP contribution < -0.4 is 10.2 Å². The number of anilines is 1. The summed E-state index contributed by atoms with van der Waals surface area (Å²) in [6, 6.07) is 11.7. The summed E-state index contributed by atoms with van der Waals surface area (Å²) in [5.41, 5.74) is 3.50. The normalized spacial score (nSPS) is 15.3. The first-order valence-electron chi connectivity index (χ1n) is 9.87. The Balaban J connectivity index is 1.73. The number of aryl methyl sites for hydroxylation is 2. The Hall–Kier alpha value is -3.06. The molecule has 4 rings (SSSR count). The topological polar surface area (TPSA) is 80.2 Å². The van der Waals surface area contributed by atoms with Crippen LogP contribution in [-0.4, -0.2) is 47.2 Å². The summed E-state index contributed by atoms with van der Waals surface area (Å²) < 4.78 is 5.48. The van der Waals surface area contributed by atoms with Crippen LogP contribution in [0.1, 0.15) is 40.4 Å². The number of hydrogen-bond acceptors (Lipinski definition) is 6. The first kappa shape index (κ1) is 19.3. The summed E-state index contributed by atoms with van der Waals surface area (Å²) in [4.78, 5) is 28.9. The van der Waals surface area contributed by atoms with Gasteiger partial charge in [-0.15, -0.1) is 0 Å². The van der Waals surface area contributed by atoms with E-state index >= 15 is 0 Å². The molecule has 1 atom stereocenters. The number of nitrogens with one attached hydrogen (secondary N) is 1. The zero-order chi connectivity index (χ0) is 20.4. The van der Waals surface area contributed by atoms with Crippen LogP contribution in [-0.2, 0) is 4.74 Å². The molecular formula is C22H25N5O2. The van der Waals surface area contributed by atoms with E-state index in [1.54, 1.807) is 0 Å². The smallest absolute Gasteiger partial charge is 0.289 e. The number of fused-ring (bicyclic) bond motifs is 1. The number of pyridine rings is 1. The largest absolute Gasteiger partial charge is 0.378 e. The minimum atomic E-state index is -0.307. The van der Waals surface area contributed by atoms with Crippen molar-refractivity contribution >= 4 is 22.8 Å². The van der Waals surface area contributed by atoms with Crippen molar-refractivity contribution in [3.05, 3.63) is 59.0 Å². The first-order chi connectivity index (χ1) is 14.0. The molecule has 3 heterocycles. The van der Waals surface area contributed by atoms with Crippen molar-refractivity contribution in [3.8, 4) is 0 Å². The fourth-order valence-electron chi connectivity index (χ4n) is 3.65. The molecule has 1 N–H and O–H groups in total. The highest BCUT2D eigenvalue weighted by Crippen LogP contribution is 2.27. The maximum Gasteiger partial charge on any atom is 0.289 e. The van der Waals surface area contributed by atoms with Crippen LogP contribution in [0.15, 0.2) is 36.4 Å². The zero-order valence-corrected chi connectivity index (χ0v) is 17.0. The van der Waals surface area contributed by atoms with Crippen molar-refractivity contribution in [3.63, 3.8) is 0 Å². The fraction of sp³-hybridized carbons (Fsp3) is 0.364. The van der Waals surface area contributed by atoms with E-state index in [0.717, 1.165) is 41.1 Å². The summed E-state index contributed by atoms with van der Waals surface area (Å²) in [6.07, 6.45) is 0.